The molecular weight excluding hydrogens is 289 g/mol. The number of hydrogen-bond donors (Lipinski definition) is 0. The number of anilines is 1. The van der Waals surface area contributed by atoms with E-state index in [0.29, 0.717) is 5.69 Å². The molecule has 1 aromatic carbocycles. The molecule has 0 radical (unpaired) electrons. The van der Waals surface area contributed by atoms with Crippen LogP contribution in [-0.4, -0.2) is 42.9 Å². The first-order valence-corrected chi connectivity index (χ1v) is 8.73. The summed E-state index contributed by atoms with van der Waals surface area (Å²) in [6, 6.07) is 5.27. The highest BCUT2D eigenvalue weighted by molar-refractivity contribution is 8.02. The van der Waals surface area contributed by atoms with E-state index in [1.54, 1.807) is 0 Å². The molecule has 2 heterocycles. The molecule has 1 aromatic rings. The van der Waals surface area contributed by atoms with Crippen LogP contribution in [0.5, 0.6) is 0 Å². The van der Waals surface area contributed by atoms with Crippen molar-refractivity contribution in [2.75, 3.05) is 22.2 Å². The van der Waals surface area contributed by atoms with Gasteiger partial charge in [-0.1, -0.05) is 0 Å². The summed E-state index contributed by atoms with van der Waals surface area (Å²) in [5.74, 6) is -0.108. The molecule has 0 aliphatic carbocycles. The van der Waals surface area contributed by atoms with E-state index in [1.807, 2.05) is 0 Å². The summed E-state index contributed by atoms with van der Waals surface area (Å²) in [6.45, 7) is 0. The number of amides is 1. The van der Waals surface area contributed by atoms with Crippen molar-refractivity contribution in [1.82, 2.24) is 0 Å². The maximum absolute atomic E-state index is 12.9. The zero-order chi connectivity index (χ0) is 13.6. The minimum Gasteiger partial charge on any atom is -0.306 e. The normalized spacial score (nSPS) is 29.3. The Labute approximate surface area is 114 Å². The lowest BCUT2D eigenvalue weighted by Crippen LogP contribution is -2.50. The number of thioether (sulfide) groups is 1. The highest BCUT2D eigenvalue weighted by atomic mass is 32.2. The molecule has 102 valence electrons. The minimum atomic E-state index is -3.09. The molecule has 2 aliphatic heterocycles. The third-order valence-electron chi connectivity index (χ3n) is 3.40. The van der Waals surface area contributed by atoms with Crippen LogP contribution in [0.15, 0.2) is 24.3 Å². The second-order valence-corrected chi connectivity index (χ2v) is 8.12. The van der Waals surface area contributed by atoms with Crippen LogP contribution >= 0.6 is 11.8 Å². The molecule has 0 bridgehead atoms. The van der Waals surface area contributed by atoms with E-state index in [-0.39, 0.29) is 40.3 Å². The summed E-state index contributed by atoms with van der Waals surface area (Å²) in [5, 5.41) is -0.0762. The van der Waals surface area contributed by atoms with Gasteiger partial charge in [-0.05, 0) is 24.3 Å². The van der Waals surface area contributed by atoms with Gasteiger partial charge in [0.1, 0.15) is 5.82 Å². The van der Waals surface area contributed by atoms with E-state index in [4.69, 9.17) is 0 Å². The fourth-order valence-electron chi connectivity index (χ4n) is 2.57. The molecule has 0 N–H and O–H groups in total. The van der Waals surface area contributed by atoms with Crippen LogP contribution < -0.4 is 4.90 Å². The van der Waals surface area contributed by atoms with Gasteiger partial charge in [0.2, 0.25) is 5.91 Å². The number of carbonyl (C=O) groups excluding carboxylic acids is 1. The number of benzene rings is 1. The first kappa shape index (κ1) is 12.9. The van der Waals surface area contributed by atoms with Crippen LogP contribution in [0.25, 0.3) is 0 Å². The summed E-state index contributed by atoms with van der Waals surface area (Å²) in [7, 11) is -3.09. The Morgan fingerprint density at radius 3 is 2.58 bits per heavy atom. The molecule has 1 amide bonds. The Balaban J connectivity index is 1.98. The average Bonchev–Trinajstić information content (AvgIpc) is 2.65. The Bertz CT molecular complexity index is 614. The fourth-order valence-corrected chi connectivity index (χ4v) is 6.39. The van der Waals surface area contributed by atoms with E-state index in [0.717, 1.165) is 0 Å². The third-order valence-corrected chi connectivity index (χ3v) is 6.65. The monoisotopic (exact) mass is 301 g/mol. The molecule has 0 unspecified atom stereocenters. The number of sulfone groups is 1. The topological polar surface area (TPSA) is 54.5 Å². The van der Waals surface area contributed by atoms with Crippen LogP contribution in [0.1, 0.15) is 0 Å². The molecule has 3 rings (SSSR count). The van der Waals surface area contributed by atoms with Gasteiger partial charge in [0.05, 0.1) is 23.3 Å². The lowest BCUT2D eigenvalue weighted by Gasteiger charge is -2.36. The summed E-state index contributed by atoms with van der Waals surface area (Å²) in [4.78, 5) is 13.6. The predicted molar refractivity (Wildman–Crippen MR) is 72.6 cm³/mol. The minimum absolute atomic E-state index is 0.00617. The number of nitrogens with zero attached hydrogens (tertiary/aromatic N) is 1. The van der Waals surface area contributed by atoms with Gasteiger partial charge in [-0.2, -0.15) is 0 Å². The summed E-state index contributed by atoms with van der Waals surface area (Å²) < 4.78 is 36.4. The van der Waals surface area contributed by atoms with Gasteiger partial charge in [0.15, 0.2) is 9.84 Å². The van der Waals surface area contributed by atoms with Gasteiger partial charge in [-0.3, -0.25) is 4.79 Å². The number of rotatable bonds is 1. The third kappa shape index (κ3) is 2.36. The summed E-state index contributed by atoms with van der Waals surface area (Å²) >= 11 is 1.40. The Morgan fingerprint density at radius 1 is 1.21 bits per heavy atom. The maximum Gasteiger partial charge on any atom is 0.237 e. The van der Waals surface area contributed by atoms with Gasteiger partial charge < -0.3 is 4.90 Å². The number of hydrogen-bond acceptors (Lipinski definition) is 4. The number of fused-ring (bicyclic) bond motifs is 1. The van der Waals surface area contributed by atoms with Crippen molar-refractivity contribution in [2.45, 2.75) is 11.3 Å². The molecule has 2 fully saturated rings. The standard InChI is InChI=1S/C12H12FNO3S2/c13-8-1-3-9(4-2-8)14-10-6-19(16,17)7-11(10)18-5-12(14)15/h1-4,10-11H,5-7H2/t10-,11-/m1/s1. The molecule has 0 aromatic heterocycles. The molecule has 0 spiro atoms. The zero-order valence-corrected chi connectivity index (χ0v) is 11.6. The van der Waals surface area contributed by atoms with E-state index in [2.05, 4.69) is 0 Å². The van der Waals surface area contributed by atoms with Crippen molar-refractivity contribution in [2.24, 2.45) is 0 Å². The number of halogens is 1. The van der Waals surface area contributed by atoms with Crippen molar-refractivity contribution >= 4 is 33.2 Å². The van der Waals surface area contributed by atoms with E-state index < -0.39 is 9.84 Å². The van der Waals surface area contributed by atoms with Crippen LogP contribution in [0.3, 0.4) is 0 Å². The largest absolute Gasteiger partial charge is 0.306 e. The second-order valence-electron chi connectivity index (χ2n) is 4.73. The molecule has 0 saturated carbocycles. The highest BCUT2D eigenvalue weighted by Gasteiger charge is 2.46. The van der Waals surface area contributed by atoms with Gasteiger partial charge in [0.25, 0.3) is 0 Å². The van der Waals surface area contributed by atoms with Crippen LogP contribution in [0.4, 0.5) is 10.1 Å². The highest BCUT2D eigenvalue weighted by Crippen LogP contribution is 2.36. The van der Waals surface area contributed by atoms with E-state index in [9.17, 15) is 17.6 Å². The maximum atomic E-state index is 12.9. The lowest BCUT2D eigenvalue weighted by molar-refractivity contribution is -0.116. The molecule has 2 saturated heterocycles. The van der Waals surface area contributed by atoms with E-state index >= 15 is 0 Å². The van der Waals surface area contributed by atoms with Gasteiger partial charge in [-0.15, -0.1) is 11.8 Å². The van der Waals surface area contributed by atoms with Crippen LogP contribution in [0.2, 0.25) is 0 Å². The SMILES string of the molecule is O=C1CS[C@@H]2CS(=O)(=O)C[C@H]2N1c1ccc(F)cc1. The van der Waals surface area contributed by atoms with Gasteiger partial charge in [-0.25, -0.2) is 12.8 Å². The predicted octanol–water partition coefficient (Wildman–Crippen LogP) is 1.07. The van der Waals surface area contributed by atoms with Crippen molar-refractivity contribution in [3.63, 3.8) is 0 Å². The summed E-state index contributed by atoms with van der Waals surface area (Å²) in [6.07, 6.45) is 0. The Kier molecular flexibility index (Phi) is 3.05. The van der Waals surface area contributed by atoms with Crippen molar-refractivity contribution in [3.8, 4) is 0 Å². The fraction of sp³-hybridized carbons (Fsp3) is 0.417. The Morgan fingerprint density at radius 2 is 1.89 bits per heavy atom. The van der Waals surface area contributed by atoms with Crippen molar-refractivity contribution < 1.29 is 17.6 Å². The molecule has 4 nitrogen and oxygen atoms in total. The van der Waals surface area contributed by atoms with Crippen molar-refractivity contribution in [1.29, 1.82) is 0 Å². The summed E-state index contributed by atoms with van der Waals surface area (Å²) in [5.41, 5.74) is 0.568. The van der Waals surface area contributed by atoms with Crippen molar-refractivity contribution in [3.05, 3.63) is 30.1 Å². The zero-order valence-electron chi connectivity index (χ0n) is 9.95. The smallest absolute Gasteiger partial charge is 0.237 e. The van der Waals surface area contributed by atoms with Gasteiger partial charge in [0, 0.05) is 10.9 Å². The molecule has 2 aliphatic rings. The quantitative estimate of drug-likeness (QED) is 0.778. The first-order chi connectivity index (χ1) is 8.96. The average molecular weight is 301 g/mol. The lowest BCUT2D eigenvalue weighted by atomic mass is 10.1. The van der Waals surface area contributed by atoms with E-state index in [1.165, 1.54) is 40.9 Å². The van der Waals surface area contributed by atoms with Crippen LogP contribution in [-0.2, 0) is 14.6 Å². The first-order valence-electron chi connectivity index (χ1n) is 5.86. The second kappa shape index (κ2) is 4.49. The number of carbonyl (C=O) groups is 1. The molecular formula is C12H12FNO3S2. The molecule has 7 heteroatoms. The Hall–Kier alpha value is -1.08. The molecule has 19 heavy (non-hydrogen) atoms. The van der Waals surface area contributed by atoms with Crippen LogP contribution in [0, 0.1) is 5.82 Å². The van der Waals surface area contributed by atoms with Gasteiger partial charge >= 0.3 is 0 Å². The molecule has 2 atom stereocenters.